The summed E-state index contributed by atoms with van der Waals surface area (Å²) in [7, 11) is 0. The van der Waals surface area contributed by atoms with Crippen molar-refractivity contribution in [2.24, 2.45) is 11.8 Å². The zero-order valence-electron chi connectivity index (χ0n) is 21.5. The summed E-state index contributed by atoms with van der Waals surface area (Å²) in [6, 6.07) is 4.30. The van der Waals surface area contributed by atoms with Crippen molar-refractivity contribution in [1.82, 2.24) is 4.90 Å². The summed E-state index contributed by atoms with van der Waals surface area (Å²) in [4.78, 5) is 44.1. The molecule has 206 valence electrons. The number of aliphatic hydroxyl groups is 1. The van der Waals surface area contributed by atoms with Gasteiger partial charge in [-0.3, -0.25) is 14.4 Å². The van der Waals surface area contributed by atoms with E-state index in [9.17, 15) is 19.5 Å². The standard InChI is InChI=1S/C28H34BrClN2O6/c1-4-6-7-8-15-37-27(36)20-21-25(34)32(13-14-33)24(28(21)16-18(29)23(20)38-28)26(35)31(12-5-2)22-17(3)10-9-11-19(22)30/h4-5,9-11,18,20-21,23-24,33H,1-2,6-8,12-16H2,3H3/t18?,20-,21+,23-,24?,28?/m1/s1. The number of carbonyl (C=O) groups excluding carboxylic acids is 3. The Kier molecular flexibility index (Phi) is 9.02. The number of alkyl halides is 1. The summed E-state index contributed by atoms with van der Waals surface area (Å²) < 4.78 is 12.1. The number of hydrogen-bond acceptors (Lipinski definition) is 6. The molecule has 1 aromatic rings. The molecule has 1 aromatic carbocycles. The number of fused-ring (bicyclic) bond motifs is 1. The molecule has 0 aromatic heterocycles. The van der Waals surface area contributed by atoms with E-state index in [1.807, 2.05) is 19.1 Å². The van der Waals surface area contributed by atoms with Crippen molar-refractivity contribution in [2.75, 3.05) is 31.2 Å². The molecule has 6 atom stereocenters. The van der Waals surface area contributed by atoms with Gasteiger partial charge in [-0.25, -0.2) is 0 Å². The molecule has 0 radical (unpaired) electrons. The SMILES string of the molecule is C=CCCCCOC(=O)[C@H]1[C@@H]2OC3(CC2Br)C(C(=O)N(CC=C)c2c(C)cccc2Cl)N(CCO)C(=O)[C@H]13. The maximum absolute atomic E-state index is 14.4. The van der Waals surface area contributed by atoms with Crippen LogP contribution >= 0.6 is 27.5 Å². The maximum Gasteiger partial charge on any atom is 0.312 e. The number of allylic oxidation sites excluding steroid dienone is 1. The normalized spacial score (nSPS) is 29.3. The fraction of sp³-hybridized carbons (Fsp3) is 0.536. The van der Waals surface area contributed by atoms with Crippen LogP contribution in [0.3, 0.4) is 0 Å². The molecular formula is C28H34BrClN2O6. The number of hydrogen-bond donors (Lipinski definition) is 1. The van der Waals surface area contributed by atoms with Crippen molar-refractivity contribution >= 4 is 51.0 Å². The van der Waals surface area contributed by atoms with E-state index in [1.165, 1.54) is 9.80 Å². The molecular weight excluding hydrogens is 576 g/mol. The number of unbranched alkanes of at least 4 members (excludes halogenated alkanes) is 2. The first-order valence-corrected chi connectivity index (χ1v) is 14.2. The molecule has 0 aliphatic carbocycles. The maximum atomic E-state index is 14.4. The van der Waals surface area contributed by atoms with E-state index < -0.39 is 41.5 Å². The number of β-amino-alcohol motifs (C(OH)–C–C–N with tert-alkyl or cyclic N) is 1. The summed E-state index contributed by atoms with van der Waals surface area (Å²) in [5.41, 5.74) is 0.0601. The topological polar surface area (TPSA) is 96.4 Å². The number of ether oxygens (including phenoxy) is 2. The first-order chi connectivity index (χ1) is 18.2. The van der Waals surface area contributed by atoms with Gasteiger partial charge in [0.25, 0.3) is 5.91 Å². The van der Waals surface area contributed by atoms with Crippen LogP contribution in [0, 0.1) is 18.8 Å². The molecule has 3 saturated heterocycles. The number of carbonyl (C=O) groups is 3. The highest BCUT2D eigenvalue weighted by atomic mass is 79.9. The van der Waals surface area contributed by atoms with Gasteiger partial charge < -0.3 is 24.4 Å². The largest absolute Gasteiger partial charge is 0.465 e. The summed E-state index contributed by atoms with van der Waals surface area (Å²) >= 11 is 10.2. The Morgan fingerprint density at radius 1 is 1.34 bits per heavy atom. The predicted octanol–water partition coefficient (Wildman–Crippen LogP) is 3.81. The Morgan fingerprint density at radius 2 is 2.11 bits per heavy atom. The number of amides is 2. The van der Waals surface area contributed by atoms with Gasteiger partial charge in [0.1, 0.15) is 11.6 Å². The predicted molar refractivity (Wildman–Crippen MR) is 148 cm³/mol. The summed E-state index contributed by atoms with van der Waals surface area (Å²) in [5.74, 6) is -3.03. The smallest absolute Gasteiger partial charge is 0.312 e. The van der Waals surface area contributed by atoms with Gasteiger partial charge in [-0.2, -0.15) is 0 Å². The van der Waals surface area contributed by atoms with Crippen LogP contribution in [0.2, 0.25) is 5.02 Å². The molecule has 0 saturated carbocycles. The third-order valence-electron chi connectivity index (χ3n) is 7.72. The quantitative estimate of drug-likeness (QED) is 0.168. The zero-order valence-corrected chi connectivity index (χ0v) is 23.8. The number of esters is 1. The van der Waals surface area contributed by atoms with Crippen molar-refractivity contribution in [3.63, 3.8) is 0 Å². The Bertz CT molecular complexity index is 1090. The van der Waals surface area contributed by atoms with Crippen LogP contribution in [0.25, 0.3) is 0 Å². The monoisotopic (exact) mass is 608 g/mol. The number of halogens is 2. The number of likely N-dealkylation sites (tertiary alicyclic amines) is 1. The molecule has 3 heterocycles. The summed E-state index contributed by atoms with van der Waals surface area (Å²) in [6.45, 7) is 9.33. The minimum absolute atomic E-state index is 0.0682. The Balaban J connectivity index is 1.70. The lowest BCUT2D eigenvalue weighted by atomic mass is 9.70. The second-order valence-electron chi connectivity index (χ2n) is 10.0. The van der Waals surface area contributed by atoms with Crippen molar-refractivity contribution in [1.29, 1.82) is 0 Å². The minimum Gasteiger partial charge on any atom is -0.465 e. The van der Waals surface area contributed by atoms with Gasteiger partial charge in [-0.05, 0) is 44.2 Å². The number of para-hydroxylation sites is 1. The molecule has 4 rings (SSSR count). The van der Waals surface area contributed by atoms with E-state index in [0.717, 1.165) is 18.4 Å². The highest BCUT2D eigenvalue weighted by Crippen LogP contribution is 2.60. The molecule has 1 spiro atoms. The van der Waals surface area contributed by atoms with Gasteiger partial charge in [-0.15, -0.1) is 13.2 Å². The molecule has 2 amide bonds. The first kappa shape index (κ1) is 28.8. The van der Waals surface area contributed by atoms with Crippen LogP contribution in [-0.2, 0) is 23.9 Å². The van der Waals surface area contributed by atoms with Gasteiger partial charge in [0.2, 0.25) is 5.91 Å². The number of aliphatic hydroxyl groups excluding tert-OH is 1. The third kappa shape index (κ3) is 4.83. The first-order valence-electron chi connectivity index (χ1n) is 12.9. The number of benzene rings is 1. The number of aryl methyl sites for hydroxylation is 1. The Morgan fingerprint density at radius 3 is 2.76 bits per heavy atom. The average Bonchev–Trinajstić information content (AvgIpc) is 3.46. The number of rotatable bonds is 12. The van der Waals surface area contributed by atoms with Crippen LogP contribution in [0.5, 0.6) is 0 Å². The lowest BCUT2D eigenvalue weighted by Gasteiger charge is -2.37. The van der Waals surface area contributed by atoms with Crippen molar-refractivity contribution in [2.45, 2.75) is 55.2 Å². The van der Waals surface area contributed by atoms with Gasteiger partial charge in [0.15, 0.2) is 0 Å². The second-order valence-corrected chi connectivity index (χ2v) is 11.6. The Labute approximate surface area is 236 Å². The number of nitrogens with zero attached hydrogens (tertiary/aromatic N) is 2. The van der Waals surface area contributed by atoms with Gasteiger partial charge >= 0.3 is 5.97 Å². The fourth-order valence-corrected chi connectivity index (χ4v) is 7.49. The fourth-order valence-electron chi connectivity index (χ4n) is 6.22. The van der Waals surface area contributed by atoms with Crippen molar-refractivity contribution in [3.05, 3.63) is 54.1 Å². The molecule has 3 aliphatic heterocycles. The van der Waals surface area contributed by atoms with Gasteiger partial charge in [0, 0.05) is 17.9 Å². The summed E-state index contributed by atoms with van der Waals surface area (Å²) in [5, 5.41) is 10.2. The van der Waals surface area contributed by atoms with Crippen LogP contribution in [0.4, 0.5) is 5.69 Å². The molecule has 3 unspecified atom stereocenters. The lowest BCUT2D eigenvalue weighted by Crippen LogP contribution is -2.57. The third-order valence-corrected chi connectivity index (χ3v) is 8.87. The van der Waals surface area contributed by atoms with E-state index in [4.69, 9.17) is 21.1 Å². The van der Waals surface area contributed by atoms with Crippen LogP contribution < -0.4 is 4.90 Å². The molecule has 38 heavy (non-hydrogen) atoms. The van der Waals surface area contributed by atoms with Crippen LogP contribution in [0.1, 0.15) is 31.2 Å². The minimum atomic E-state index is -1.25. The summed E-state index contributed by atoms with van der Waals surface area (Å²) in [6.07, 6.45) is 5.51. The molecule has 3 fully saturated rings. The lowest BCUT2D eigenvalue weighted by molar-refractivity contribution is -0.155. The average molecular weight is 610 g/mol. The number of anilines is 1. The van der Waals surface area contributed by atoms with E-state index in [-0.39, 0.29) is 37.0 Å². The molecule has 10 heteroatoms. The zero-order chi connectivity index (χ0) is 27.6. The second kappa shape index (κ2) is 11.9. The van der Waals surface area contributed by atoms with Crippen molar-refractivity contribution in [3.8, 4) is 0 Å². The van der Waals surface area contributed by atoms with E-state index in [2.05, 4.69) is 29.1 Å². The van der Waals surface area contributed by atoms with E-state index in [0.29, 0.717) is 23.6 Å². The van der Waals surface area contributed by atoms with Crippen LogP contribution in [0.15, 0.2) is 43.5 Å². The van der Waals surface area contributed by atoms with E-state index >= 15 is 0 Å². The Hall–Kier alpha value is -2.20. The van der Waals surface area contributed by atoms with E-state index in [1.54, 1.807) is 18.2 Å². The van der Waals surface area contributed by atoms with Crippen molar-refractivity contribution < 1.29 is 29.0 Å². The van der Waals surface area contributed by atoms with Gasteiger partial charge in [0.05, 0.1) is 41.9 Å². The molecule has 8 nitrogen and oxygen atoms in total. The molecule has 2 bridgehead atoms. The highest BCUT2D eigenvalue weighted by Gasteiger charge is 2.77. The highest BCUT2D eigenvalue weighted by molar-refractivity contribution is 9.09. The molecule has 1 N–H and O–H groups in total. The molecule has 3 aliphatic rings. The van der Waals surface area contributed by atoms with Gasteiger partial charge in [-0.1, -0.05) is 51.8 Å². The van der Waals surface area contributed by atoms with Crippen LogP contribution in [-0.4, -0.2) is 76.7 Å².